The minimum absolute atomic E-state index is 0.0292. The van der Waals surface area contributed by atoms with Crippen LogP contribution in [0.4, 0.5) is 6.01 Å². The maximum Gasteiger partial charge on any atom is 0.362 e. The van der Waals surface area contributed by atoms with E-state index in [1.807, 2.05) is 0 Å². The van der Waals surface area contributed by atoms with Crippen LogP contribution in [0.15, 0.2) is 50.0 Å². The molecule has 0 radical (unpaired) electrons. The summed E-state index contributed by atoms with van der Waals surface area (Å²) in [5, 5.41) is 11.6. The highest BCUT2D eigenvalue weighted by Gasteiger charge is 2.37. The summed E-state index contributed by atoms with van der Waals surface area (Å²) in [5.41, 5.74) is 6.54. The van der Waals surface area contributed by atoms with Crippen molar-refractivity contribution in [3.8, 4) is 12.0 Å². The number of aromatic nitrogens is 2. The quantitative estimate of drug-likeness (QED) is 0.423. The lowest BCUT2D eigenvalue weighted by Gasteiger charge is -2.20. The van der Waals surface area contributed by atoms with E-state index in [4.69, 9.17) is 61.0 Å². The first-order chi connectivity index (χ1) is 15.8. The van der Waals surface area contributed by atoms with E-state index in [1.54, 1.807) is 36.4 Å². The molecule has 1 aliphatic rings. The topological polar surface area (TPSA) is 111 Å². The van der Waals surface area contributed by atoms with Gasteiger partial charge in [0.2, 0.25) is 11.4 Å². The van der Waals surface area contributed by atoms with Gasteiger partial charge in [0.05, 0.1) is 5.92 Å². The zero-order valence-electron chi connectivity index (χ0n) is 16.3. The van der Waals surface area contributed by atoms with E-state index in [0.29, 0.717) is 36.9 Å². The van der Waals surface area contributed by atoms with Crippen LogP contribution in [0.3, 0.4) is 0 Å². The first kappa shape index (κ1) is 21.7. The number of hydrogen-bond donors (Lipinski definition) is 1. The molecular weight excluding hydrogens is 510 g/mol. The molecule has 0 saturated heterocycles. The SMILES string of the molecule is N#CC1=c2oc(=O)/c(=C\c3ccc(Cl)cc3Cl)n2-c2oc(N)nc2[C@@H]1c1ccc(Cl)cc1Cl. The molecule has 0 saturated carbocycles. The minimum atomic E-state index is -0.798. The minimum Gasteiger partial charge on any atom is -0.406 e. The normalized spacial score (nSPS) is 15.3. The average Bonchev–Trinajstić information content (AvgIpc) is 3.28. The Morgan fingerprint density at radius 1 is 1.06 bits per heavy atom. The van der Waals surface area contributed by atoms with Gasteiger partial charge >= 0.3 is 5.63 Å². The molecule has 0 aliphatic carbocycles. The lowest BCUT2D eigenvalue weighted by Crippen LogP contribution is -2.35. The van der Waals surface area contributed by atoms with Crippen molar-refractivity contribution in [2.75, 3.05) is 5.73 Å². The summed E-state index contributed by atoms with van der Waals surface area (Å²) in [6, 6.07) is 11.6. The Hall–Kier alpha value is -3.15. The zero-order valence-corrected chi connectivity index (χ0v) is 19.3. The van der Waals surface area contributed by atoms with E-state index in [1.165, 1.54) is 10.6 Å². The van der Waals surface area contributed by atoms with Crippen molar-refractivity contribution >= 4 is 64.1 Å². The Morgan fingerprint density at radius 2 is 1.76 bits per heavy atom. The van der Waals surface area contributed by atoms with Crippen molar-refractivity contribution in [3.63, 3.8) is 0 Å². The smallest absolute Gasteiger partial charge is 0.362 e. The van der Waals surface area contributed by atoms with Crippen LogP contribution in [0.25, 0.3) is 17.5 Å². The molecule has 4 aromatic rings. The standard InChI is InChI=1S/C22H10Cl4N4O3/c23-10-2-1-9(14(25)6-10)5-16-21(31)32-19-13(8-27)17(12-4-3-11(24)7-15(12)26)18-20(30(16)19)33-22(28)29-18/h1-7,17H,(H2,28,29)/b16-5+/t17-/m1/s1. The molecule has 1 atom stereocenters. The fourth-order valence-electron chi connectivity index (χ4n) is 3.75. The molecule has 33 heavy (non-hydrogen) atoms. The van der Waals surface area contributed by atoms with Crippen LogP contribution in [0, 0.1) is 11.3 Å². The molecule has 0 amide bonds. The molecule has 11 heteroatoms. The van der Waals surface area contributed by atoms with E-state index in [9.17, 15) is 10.1 Å². The number of hydrogen-bond acceptors (Lipinski definition) is 6. The lowest BCUT2D eigenvalue weighted by atomic mass is 9.87. The molecule has 0 bridgehead atoms. The van der Waals surface area contributed by atoms with E-state index in [2.05, 4.69) is 11.1 Å². The van der Waals surface area contributed by atoms with Gasteiger partial charge in [-0.25, -0.2) is 9.36 Å². The maximum atomic E-state index is 12.9. The lowest BCUT2D eigenvalue weighted by molar-refractivity contribution is 0.455. The van der Waals surface area contributed by atoms with Gasteiger partial charge in [-0.1, -0.05) is 58.5 Å². The average molecular weight is 520 g/mol. The van der Waals surface area contributed by atoms with Crippen LogP contribution in [-0.2, 0) is 0 Å². The molecule has 3 heterocycles. The highest BCUT2D eigenvalue weighted by atomic mass is 35.5. The Labute approximate surface area is 205 Å². The second-order valence-corrected chi connectivity index (χ2v) is 8.78. The van der Waals surface area contributed by atoms with Crippen molar-refractivity contribution in [3.05, 3.63) is 94.6 Å². The van der Waals surface area contributed by atoms with Gasteiger partial charge in [0.25, 0.3) is 6.01 Å². The zero-order chi connectivity index (χ0) is 23.4. The number of nitriles is 1. The monoisotopic (exact) mass is 518 g/mol. The van der Waals surface area contributed by atoms with Gasteiger partial charge in [-0.05, 0) is 41.5 Å². The third kappa shape index (κ3) is 3.52. The fraction of sp³-hybridized carbons (Fsp3) is 0.0455. The second kappa shape index (κ2) is 8.01. The van der Waals surface area contributed by atoms with E-state index < -0.39 is 11.5 Å². The van der Waals surface area contributed by atoms with Gasteiger partial charge in [0.15, 0.2) is 0 Å². The summed E-state index contributed by atoms with van der Waals surface area (Å²) < 4.78 is 12.5. The van der Waals surface area contributed by atoms with Crippen LogP contribution in [0.1, 0.15) is 22.7 Å². The first-order valence-electron chi connectivity index (χ1n) is 9.33. The molecule has 0 spiro atoms. The predicted molar refractivity (Wildman–Crippen MR) is 125 cm³/mol. The summed E-state index contributed by atoms with van der Waals surface area (Å²) >= 11 is 24.7. The number of nitrogens with two attached hydrogens (primary N) is 1. The molecule has 2 N–H and O–H groups in total. The highest BCUT2D eigenvalue weighted by molar-refractivity contribution is 6.36. The molecule has 5 rings (SSSR count). The molecule has 2 aromatic carbocycles. The number of oxazole rings is 2. The summed E-state index contributed by atoms with van der Waals surface area (Å²) in [4.78, 5) is 17.2. The van der Waals surface area contributed by atoms with Crippen molar-refractivity contribution in [2.45, 2.75) is 5.92 Å². The van der Waals surface area contributed by atoms with Gasteiger partial charge < -0.3 is 14.6 Å². The van der Waals surface area contributed by atoms with Crippen LogP contribution in [0.5, 0.6) is 0 Å². The van der Waals surface area contributed by atoms with Gasteiger partial charge in [-0.2, -0.15) is 10.2 Å². The van der Waals surface area contributed by atoms with Crippen molar-refractivity contribution in [1.29, 1.82) is 5.26 Å². The molecule has 1 aliphatic heterocycles. The summed E-state index contributed by atoms with van der Waals surface area (Å²) in [6.07, 6.45) is 1.50. The molecule has 7 nitrogen and oxygen atoms in total. The second-order valence-electron chi connectivity index (χ2n) is 7.09. The van der Waals surface area contributed by atoms with Gasteiger partial charge in [-0.3, -0.25) is 0 Å². The number of nitrogen functional groups attached to an aromatic ring is 1. The number of rotatable bonds is 2. The summed E-state index contributed by atoms with van der Waals surface area (Å²) in [6.45, 7) is 0. The third-order valence-electron chi connectivity index (χ3n) is 5.14. The third-order valence-corrected chi connectivity index (χ3v) is 6.26. The van der Waals surface area contributed by atoms with E-state index in [0.717, 1.165) is 0 Å². The molecule has 0 fully saturated rings. The summed E-state index contributed by atoms with van der Waals surface area (Å²) in [7, 11) is 0. The first-order valence-corrected chi connectivity index (χ1v) is 10.8. The van der Waals surface area contributed by atoms with Crippen molar-refractivity contribution in [1.82, 2.24) is 9.55 Å². The van der Waals surface area contributed by atoms with Crippen LogP contribution in [-0.4, -0.2) is 9.55 Å². The van der Waals surface area contributed by atoms with Crippen LogP contribution >= 0.6 is 46.4 Å². The molecule has 0 unspecified atom stereocenters. The number of benzene rings is 2. The van der Waals surface area contributed by atoms with Crippen molar-refractivity contribution in [2.24, 2.45) is 0 Å². The Balaban J connectivity index is 1.89. The Morgan fingerprint density at radius 3 is 2.42 bits per heavy atom. The van der Waals surface area contributed by atoms with Gasteiger partial charge in [0.1, 0.15) is 22.7 Å². The number of fused-ring (bicyclic) bond motifs is 3. The van der Waals surface area contributed by atoms with Gasteiger partial charge in [-0.15, -0.1) is 0 Å². The van der Waals surface area contributed by atoms with E-state index >= 15 is 0 Å². The fourth-order valence-corrected chi connectivity index (χ4v) is 4.73. The van der Waals surface area contributed by atoms with Crippen LogP contribution < -0.4 is 22.3 Å². The highest BCUT2D eigenvalue weighted by Crippen LogP contribution is 2.41. The predicted octanol–water partition coefficient (Wildman–Crippen LogP) is 4.26. The largest absolute Gasteiger partial charge is 0.406 e. The Bertz CT molecular complexity index is 1680. The summed E-state index contributed by atoms with van der Waals surface area (Å²) in [5.74, 6) is -0.673. The van der Waals surface area contributed by atoms with E-state index in [-0.39, 0.29) is 28.4 Å². The van der Waals surface area contributed by atoms with Crippen molar-refractivity contribution < 1.29 is 8.83 Å². The number of halogens is 4. The Kier molecular flexibility index (Phi) is 5.26. The van der Waals surface area contributed by atoms with Gasteiger partial charge in [0, 0.05) is 20.1 Å². The van der Waals surface area contributed by atoms with Crippen LogP contribution in [0.2, 0.25) is 20.1 Å². The number of anilines is 1. The number of nitrogens with zero attached hydrogens (tertiary/aromatic N) is 3. The molecule has 2 aromatic heterocycles. The molecule has 164 valence electrons. The molecular formula is C22H10Cl4N4O3. The maximum absolute atomic E-state index is 12.9.